The van der Waals surface area contributed by atoms with E-state index in [2.05, 4.69) is 15.2 Å². The Bertz CT molecular complexity index is 1010. The standard InChI is InChI=1S/C21H21ClN4O2S2/c22-17-5-2-1-4-15(17)12-16-13-23-21(30-16)24-19(27)14-25-7-9-26(10-8-25)20(28)18-6-3-11-29-18/h1-6,11,13H,7-10,12,14H2,(H,23,24,27). The number of aromatic nitrogens is 1. The van der Waals surface area contributed by atoms with Crippen LogP contribution in [0.25, 0.3) is 0 Å². The SMILES string of the molecule is O=C(CN1CCN(C(=O)c2cccs2)CC1)Nc1ncc(Cc2ccccc2Cl)s1. The van der Waals surface area contributed by atoms with E-state index in [0.29, 0.717) is 44.3 Å². The predicted molar refractivity (Wildman–Crippen MR) is 122 cm³/mol. The van der Waals surface area contributed by atoms with Gasteiger partial charge in [0.1, 0.15) is 0 Å². The Morgan fingerprint density at radius 2 is 1.90 bits per heavy atom. The minimum atomic E-state index is -0.0910. The first-order chi connectivity index (χ1) is 14.6. The van der Waals surface area contributed by atoms with Gasteiger partial charge in [0.15, 0.2) is 5.13 Å². The fourth-order valence-corrected chi connectivity index (χ4v) is 5.05. The van der Waals surface area contributed by atoms with Crippen LogP contribution in [0.3, 0.4) is 0 Å². The van der Waals surface area contributed by atoms with Crippen molar-refractivity contribution in [1.82, 2.24) is 14.8 Å². The van der Waals surface area contributed by atoms with Gasteiger partial charge in [-0.05, 0) is 23.1 Å². The van der Waals surface area contributed by atoms with Crippen LogP contribution in [0.15, 0.2) is 48.0 Å². The number of anilines is 1. The minimum Gasteiger partial charge on any atom is -0.335 e. The number of halogens is 1. The monoisotopic (exact) mass is 460 g/mol. The summed E-state index contributed by atoms with van der Waals surface area (Å²) >= 11 is 9.13. The molecule has 156 valence electrons. The highest BCUT2D eigenvalue weighted by Crippen LogP contribution is 2.24. The molecule has 0 unspecified atom stereocenters. The number of nitrogens with one attached hydrogen (secondary N) is 1. The maximum Gasteiger partial charge on any atom is 0.264 e. The lowest BCUT2D eigenvalue weighted by Gasteiger charge is -2.34. The number of hydrogen-bond acceptors (Lipinski definition) is 6. The van der Waals surface area contributed by atoms with E-state index in [1.807, 2.05) is 46.7 Å². The zero-order chi connectivity index (χ0) is 20.9. The number of thiazole rings is 1. The highest BCUT2D eigenvalue weighted by Gasteiger charge is 2.24. The van der Waals surface area contributed by atoms with Crippen LogP contribution in [0.2, 0.25) is 5.02 Å². The Morgan fingerprint density at radius 3 is 2.63 bits per heavy atom. The smallest absolute Gasteiger partial charge is 0.264 e. The minimum absolute atomic E-state index is 0.0722. The number of benzene rings is 1. The number of carbonyl (C=O) groups is 2. The van der Waals surface area contributed by atoms with Gasteiger partial charge in [0.25, 0.3) is 5.91 Å². The molecule has 6 nitrogen and oxygen atoms in total. The van der Waals surface area contributed by atoms with E-state index in [0.717, 1.165) is 20.3 Å². The molecule has 1 aliphatic heterocycles. The molecule has 1 aliphatic rings. The van der Waals surface area contributed by atoms with E-state index in [4.69, 9.17) is 11.6 Å². The molecule has 2 amide bonds. The first-order valence-corrected chi connectivity index (χ1v) is 11.7. The summed E-state index contributed by atoms with van der Waals surface area (Å²) in [5.74, 6) is -0.0189. The molecule has 0 saturated carbocycles. The van der Waals surface area contributed by atoms with E-state index in [1.165, 1.54) is 22.7 Å². The van der Waals surface area contributed by atoms with E-state index >= 15 is 0 Å². The van der Waals surface area contributed by atoms with Crippen LogP contribution >= 0.6 is 34.3 Å². The van der Waals surface area contributed by atoms with Crippen molar-refractivity contribution in [2.45, 2.75) is 6.42 Å². The zero-order valence-electron chi connectivity index (χ0n) is 16.2. The van der Waals surface area contributed by atoms with Crippen molar-refractivity contribution in [3.05, 3.63) is 68.3 Å². The van der Waals surface area contributed by atoms with Crippen LogP contribution in [0.4, 0.5) is 5.13 Å². The van der Waals surface area contributed by atoms with Gasteiger partial charge in [-0.15, -0.1) is 22.7 Å². The molecule has 0 atom stereocenters. The number of piperazine rings is 1. The Morgan fingerprint density at radius 1 is 1.10 bits per heavy atom. The second kappa shape index (κ2) is 9.70. The molecular weight excluding hydrogens is 440 g/mol. The normalized spacial score (nSPS) is 14.6. The number of thiophene rings is 1. The lowest BCUT2D eigenvalue weighted by Crippen LogP contribution is -2.50. The molecule has 1 fully saturated rings. The van der Waals surface area contributed by atoms with Crippen molar-refractivity contribution in [2.75, 3.05) is 38.0 Å². The lowest BCUT2D eigenvalue weighted by molar-refractivity contribution is -0.117. The molecule has 30 heavy (non-hydrogen) atoms. The summed E-state index contributed by atoms with van der Waals surface area (Å²) < 4.78 is 0. The molecule has 0 spiro atoms. The molecular formula is C21H21ClN4O2S2. The third kappa shape index (κ3) is 5.26. The molecule has 1 aromatic carbocycles. The average molecular weight is 461 g/mol. The van der Waals surface area contributed by atoms with Gasteiger partial charge < -0.3 is 10.2 Å². The van der Waals surface area contributed by atoms with Gasteiger partial charge in [-0.1, -0.05) is 35.9 Å². The second-order valence-corrected chi connectivity index (χ2v) is 9.46. The fraction of sp³-hybridized carbons (Fsp3) is 0.286. The van der Waals surface area contributed by atoms with Crippen molar-refractivity contribution in [2.24, 2.45) is 0 Å². The van der Waals surface area contributed by atoms with E-state index in [9.17, 15) is 9.59 Å². The van der Waals surface area contributed by atoms with Crippen molar-refractivity contribution < 1.29 is 9.59 Å². The highest BCUT2D eigenvalue weighted by molar-refractivity contribution is 7.15. The third-order valence-electron chi connectivity index (χ3n) is 4.88. The molecule has 9 heteroatoms. The topological polar surface area (TPSA) is 65.5 Å². The third-order valence-corrected chi connectivity index (χ3v) is 7.02. The Balaban J connectivity index is 1.24. The Kier molecular flexibility index (Phi) is 6.79. The fourth-order valence-electron chi connectivity index (χ4n) is 3.30. The van der Waals surface area contributed by atoms with Gasteiger partial charge in [-0.25, -0.2) is 4.98 Å². The molecule has 0 bridgehead atoms. The average Bonchev–Trinajstić information content (AvgIpc) is 3.42. The second-order valence-electron chi connectivity index (χ2n) is 6.99. The lowest BCUT2D eigenvalue weighted by atomic mass is 10.1. The molecule has 4 rings (SSSR count). The highest BCUT2D eigenvalue weighted by atomic mass is 35.5. The summed E-state index contributed by atoms with van der Waals surface area (Å²) in [5.41, 5.74) is 1.04. The summed E-state index contributed by atoms with van der Waals surface area (Å²) in [4.78, 5) is 34.9. The maximum absolute atomic E-state index is 12.4. The van der Waals surface area contributed by atoms with Gasteiger partial charge in [-0.2, -0.15) is 0 Å². The summed E-state index contributed by atoms with van der Waals surface area (Å²) in [5, 5.41) is 6.11. The number of hydrogen-bond donors (Lipinski definition) is 1. The van der Waals surface area contributed by atoms with Crippen LogP contribution in [-0.4, -0.2) is 59.3 Å². The molecule has 3 aromatic rings. The molecule has 1 N–H and O–H groups in total. The van der Waals surface area contributed by atoms with Crippen LogP contribution < -0.4 is 5.32 Å². The largest absolute Gasteiger partial charge is 0.335 e. The van der Waals surface area contributed by atoms with Crippen molar-refractivity contribution in [1.29, 1.82) is 0 Å². The van der Waals surface area contributed by atoms with Crippen LogP contribution in [0.5, 0.6) is 0 Å². The quantitative estimate of drug-likeness (QED) is 0.606. The van der Waals surface area contributed by atoms with Crippen molar-refractivity contribution in [3.8, 4) is 0 Å². The first-order valence-electron chi connectivity index (χ1n) is 9.61. The van der Waals surface area contributed by atoms with Crippen LogP contribution in [0, 0.1) is 0 Å². The molecule has 0 radical (unpaired) electrons. The van der Waals surface area contributed by atoms with Crippen LogP contribution in [0.1, 0.15) is 20.1 Å². The molecule has 3 heterocycles. The summed E-state index contributed by atoms with van der Waals surface area (Å²) in [7, 11) is 0. The van der Waals surface area contributed by atoms with Gasteiger partial charge in [0.05, 0.1) is 11.4 Å². The van der Waals surface area contributed by atoms with Crippen molar-refractivity contribution in [3.63, 3.8) is 0 Å². The van der Waals surface area contributed by atoms with Gasteiger partial charge in [-0.3, -0.25) is 14.5 Å². The first kappa shape index (κ1) is 21.0. The Labute approximate surface area is 188 Å². The molecule has 0 aliphatic carbocycles. The number of nitrogens with zero attached hydrogens (tertiary/aromatic N) is 3. The number of amides is 2. The van der Waals surface area contributed by atoms with Gasteiger partial charge in [0.2, 0.25) is 5.91 Å². The van der Waals surface area contributed by atoms with E-state index in [-0.39, 0.29) is 11.8 Å². The molecule has 1 saturated heterocycles. The van der Waals surface area contributed by atoms with Crippen LogP contribution in [-0.2, 0) is 11.2 Å². The number of rotatable bonds is 6. The zero-order valence-corrected chi connectivity index (χ0v) is 18.6. The summed E-state index contributed by atoms with van der Waals surface area (Å²) in [6, 6.07) is 11.5. The number of carbonyl (C=O) groups excluding carboxylic acids is 2. The Hall–Kier alpha value is -2.26. The summed E-state index contributed by atoms with van der Waals surface area (Å²) in [6.07, 6.45) is 2.46. The molecule has 2 aromatic heterocycles. The van der Waals surface area contributed by atoms with Crippen molar-refractivity contribution >= 4 is 51.2 Å². The van der Waals surface area contributed by atoms with Gasteiger partial charge >= 0.3 is 0 Å². The van der Waals surface area contributed by atoms with E-state index < -0.39 is 0 Å². The van der Waals surface area contributed by atoms with Gasteiger partial charge in [0, 0.05) is 48.7 Å². The predicted octanol–water partition coefficient (Wildman–Crippen LogP) is 3.85. The maximum atomic E-state index is 12.4. The van der Waals surface area contributed by atoms with E-state index in [1.54, 1.807) is 6.20 Å². The summed E-state index contributed by atoms with van der Waals surface area (Å²) in [6.45, 7) is 2.91.